The zero-order chi connectivity index (χ0) is 13.4. The predicted molar refractivity (Wildman–Crippen MR) is 52.3 cm³/mol. The molecule has 0 amide bonds. The van der Waals surface area contributed by atoms with E-state index in [1.807, 2.05) is 6.26 Å². The Labute approximate surface area is 93.8 Å². The fourth-order valence-corrected chi connectivity index (χ4v) is 0.858. The van der Waals surface area contributed by atoms with Gasteiger partial charge in [0, 0.05) is 0 Å². The normalized spacial score (nSPS) is 12.3. The first-order valence-electron chi connectivity index (χ1n) is 3.90. The van der Waals surface area contributed by atoms with Crippen LogP contribution in [0.2, 0.25) is 0 Å². The lowest BCUT2D eigenvalue weighted by Crippen LogP contribution is -2.30. The van der Waals surface area contributed by atoms with Crippen molar-refractivity contribution in [2.24, 2.45) is 5.73 Å². The zero-order valence-electron chi connectivity index (χ0n) is 8.32. The third-order valence-corrected chi connectivity index (χ3v) is 1.84. The average molecular weight is 263 g/mol. The van der Waals surface area contributed by atoms with Crippen LogP contribution in [0.1, 0.15) is 6.42 Å². The van der Waals surface area contributed by atoms with Gasteiger partial charge in [0.1, 0.15) is 6.04 Å². The molecule has 0 rings (SSSR count). The lowest BCUT2D eigenvalue weighted by molar-refractivity contribution is -0.192. The highest BCUT2D eigenvalue weighted by atomic mass is 32.2. The number of carbonyl (C=O) groups is 2. The number of carboxylic acid groups (broad SMARTS) is 2. The fraction of sp³-hybridized carbons (Fsp3) is 0.714. The van der Waals surface area contributed by atoms with Crippen molar-refractivity contribution in [1.82, 2.24) is 0 Å². The highest BCUT2D eigenvalue weighted by Crippen LogP contribution is 2.13. The Hall–Kier alpha value is -0.960. The van der Waals surface area contributed by atoms with Crippen molar-refractivity contribution in [2.75, 3.05) is 12.0 Å². The number of hydrogen-bond acceptors (Lipinski definition) is 4. The number of aliphatic carboxylic acids is 2. The second kappa shape index (κ2) is 8.22. The van der Waals surface area contributed by atoms with E-state index < -0.39 is 24.2 Å². The molecule has 16 heavy (non-hydrogen) atoms. The van der Waals surface area contributed by atoms with Gasteiger partial charge in [0.05, 0.1) is 0 Å². The van der Waals surface area contributed by atoms with Gasteiger partial charge in [0.15, 0.2) is 0 Å². The minimum Gasteiger partial charge on any atom is -0.480 e. The summed E-state index contributed by atoms with van der Waals surface area (Å²) in [5.74, 6) is -2.86. The van der Waals surface area contributed by atoms with Gasteiger partial charge in [-0.2, -0.15) is 24.9 Å². The topological polar surface area (TPSA) is 101 Å². The molecule has 0 aromatic heterocycles. The molecule has 0 aromatic carbocycles. The van der Waals surface area contributed by atoms with E-state index in [9.17, 15) is 18.0 Å². The Bertz CT molecular complexity index is 234. The van der Waals surface area contributed by atoms with E-state index in [-0.39, 0.29) is 0 Å². The summed E-state index contributed by atoms with van der Waals surface area (Å²) < 4.78 is 31.7. The molecule has 0 bridgehead atoms. The number of halogens is 3. The van der Waals surface area contributed by atoms with Crippen molar-refractivity contribution in [3.05, 3.63) is 0 Å². The molecule has 1 atom stereocenters. The molecule has 0 spiro atoms. The molecular weight excluding hydrogens is 251 g/mol. The molecule has 5 nitrogen and oxygen atoms in total. The third-order valence-electron chi connectivity index (χ3n) is 1.19. The molecule has 9 heteroatoms. The minimum atomic E-state index is -5.08. The summed E-state index contributed by atoms with van der Waals surface area (Å²) in [6, 6.07) is -0.683. The quantitative estimate of drug-likeness (QED) is 0.693. The smallest absolute Gasteiger partial charge is 0.480 e. The van der Waals surface area contributed by atoms with Crippen LogP contribution < -0.4 is 5.73 Å². The Kier molecular flexibility index (Phi) is 8.96. The van der Waals surface area contributed by atoms with Crippen LogP contribution in [-0.4, -0.2) is 46.4 Å². The van der Waals surface area contributed by atoms with Crippen molar-refractivity contribution in [2.45, 2.75) is 18.6 Å². The highest BCUT2D eigenvalue weighted by molar-refractivity contribution is 7.98. The summed E-state index contributed by atoms with van der Waals surface area (Å²) in [6.07, 6.45) is -2.61. The van der Waals surface area contributed by atoms with Crippen LogP contribution in [0.5, 0.6) is 0 Å². The summed E-state index contributed by atoms with van der Waals surface area (Å²) in [5.41, 5.74) is 5.19. The van der Waals surface area contributed by atoms with Crippen LogP contribution in [0.4, 0.5) is 13.2 Å². The van der Waals surface area contributed by atoms with Crippen molar-refractivity contribution in [3.63, 3.8) is 0 Å². The van der Waals surface area contributed by atoms with Crippen LogP contribution in [0.15, 0.2) is 0 Å². The monoisotopic (exact) mass is 263 g/mol. The molecule has 0 aliphatic carbocycles. The van der Waals surface area contributed by atoms with Crippen LogP contribution in [-0.2, 0) is 9.59 Å². The zero-order valence-corrected chi connectivity index (χ0v) is 9.14. The standard InChI is InChI=1S/C5H11NO2S.C2HF3O2/c1-9-3-2-4(6)5(7)8;3-2(4,5)1(6)7/h4H,2-3,6H2,1H3,(H,7,8);(H,6,7)/t4-;/m0./s1. The van der Waals surface area contributed by atoms with Crippen LogP contribution in [0.25, 0.3) is 0 Å². The van der Waals surface area contributed by atoms with Crippen molar-refractivity contribution in [1.29, 1.82) is 0 Å². The van der Waals surface area contributed by atoms with Gasteiger partial charge in [-0.25, -0.2) is 4.79 Å². The van der Waals surface area contributed by atoms with Gasteiger partial charge in [-0.3, -0.25) is 4.79 Å². The van der Waals surface area contributed by atoms with Gasteiger partial charge in [-0.15, -0.1) is 0 Å². The van der Waals surface area contributed by atoms with E-state index in [0.29, 0.717) is 6.42 Å². The van der Waals surface area contributed by atoms with Crippen LogP contribution >= 0.6 is 11.8 Å². The highest BCUT2D eigenvalue weighted by Gasteiger charge is 2.38. The molecule has 0 heterocycles. The molecule has 0 radical (unpaired) electrons. The maximum Gasteiger partial charge on any atom is 0.490 e. The van der Waals surface area contributed by atoms with Crippen molar-refractivity contribution < 1.29 is 33.0 Å². The first-order chi connectivity index (χ1) is 7.12. The predicted octanol–water partition coefficient (Wildman–Crippen LogP) is 0.785. The van der Waals surface area contributed by atoms with E-state index in [1.165, 1.54) is 0 Å². The SMILES string of the molecule is CSCC[C@H](N)C(=O)O.O=C(O)C(F)(F)F. The number of alkyl halides is 3. The Morgan fingerprint density at radius 2 is 1.75 bits per heavy atom. The summed E-state index contributed by atoms with van der Waals surface area (Å²) in [4.78, 5) is 19.0. The van der Waals surface area contributed by atoms with Gasteiger partial charge in [0.2, 0.25) is 0 Å². The molecule has 96 valence electrons. The number of carboxylic acids is 2. The molecule has 0 aromatic rings. The van der Waals surface area contributed by atoms with Gasteiger partial charge in [-0.1, -0.05) is 0 Å². The van der Waals surface area contributed by atoms with E-state index in [1.54, 1.807) is 11.8 Å². The lowest BCUT2D eigenvalue weighted by atomic mass is 10.2. The second-order valence-electron chi connectivity index (χ2n) is 2.53. The summed E-state index contributed by atoms with van der Waals surface area (Å²) in [6.45, 7) is 0. The van der Waals surface area contributed by atoms with Gasteiger partial charge in [-0.05, 0) is 18.4 Å². The molecular formula is C7H12F3NO4S. The summed E-state index contributed by atoms with van der Waals surface area (Å²) in [7, 11) is 0. The summed E-state index contributed by atoms with van der Waals surface area (Å²) >= 11 is 1.60. The molecule has 4 N–H and O–H groups in total. The minimum absolute atomic E-state index is 0.552. The average Bonchev–Trinajstić information content (AvgIpc) is 2.13. The summed E-state index contributed by atoms with van der Waals surface area (Å²) in [5, 5.41) is 15.4. The Balaban J connectivity index is 0. The maximum absolute atomic E-state index is 10.6. The number of rotatable bonds is 4. The van der Waals surface area contributed by atoms with Crippen LogP contribution in [0.3, 0.4) is 0 Å². The van der Waals surface area contributed by atoms with E-state index in [0.717, 1.165) is 5.75 Å². The Morgan fingerprint density at radius 1 is 1.38 bits per heavy atom. The first-order valence-corrected chi connectivity index (χ1v) is 5.29. The van der Waals surface area contributed by atoms with E-state index in [4.69, 9.17) is 20.7 Å². The van der Waals surface area contributed by atoms with E-state index in [2.05, 4.69) is 0 Å². The van der Waals surface area contributed by atoms with Crippen molar-refractivity contribution >= 4 is 23.7 Å². The van der Waals surface area contributed by atoms with Gasteiger partial charge in [0.25, 0.3) is 0 Å². The number of hydrogen-bond donors (Lipinski definition) is 3. The van der Waals surface area contributed by atoms with Crippen molar-refractivity contribution in [3.8, 4) is 0 Å². The number of thioether (sulfide) groups is 1. The molecule has 0 saturated heterocycles. The molecule has 0 fully saturated rings. The first kappa shape index (κ1) is 17.4. The van der Waals surface area contributed by atoms with Crippen LogP contribution in [0, 0.1) is 0 Å². The largest absolute Gasteiger partial charge is 0.490 e. The maximum atomic E-state index is 10.6. The van der Waals surface area contributed by atoms with Gasteiger partial charge >= 0.3 is 18.1 Å². The fourth-order valence-electron chi connectivity index (χ4n) is 0.368. The molecule has 0 aliphatic rings. The lowest BCUT2D eigenvalue weighted by Gasteiger charge is -2.02. The van der Waals surface area contributed by atoms with E-state index >= 15 is 0 Å². The molecule has 0 unspecified atom stereocenters. The third kappa shape index (κ3) is 11.1. The second-order valence-corrected chi connectivity index (χ2v) is 3.51. The van der Waals surface area contributed by atoms with Gasteiger partial charge < -0.3 is 15.9 Å². The molecule has 0 saturated carbocycles. The molecule has 0 aliphatic heterocycles. The number of nitrogens with two attached hydrogens (primary N) is 1. The Morgan fingerprint density at radius 3 is 1.94 bits per heavy atom.